The first-order chi connectivity index (χ1) is 6.83. The maximum atomic E-state index is 11.7. The number of aliphatic hydroxyl groups excluding tert-OH is 1. The average Bonchev–Trinajstić information content (AvgIpc) is 2.96. The van der Waals surface area contributed by atoms with Gasteiger partial charge in [-0.25, -0.2) is 0 Å². The molecule has 0 spiro atoms. The summed E-state index contributed by atoms with van der Waals surface area (Å²) in [5.74, 6) is 0.100. The SMILES string of the molecule is O=C1NCCCN(C2CC2)C1CCO. The molecule has 1 aliphatic heterocycles. The van der Waals surface area contributed by atoms with Crippen LogP contribution in [0.1, 0.15) is 25.7 Å². The van der Waals surface area contributed by atoms with Gasteiger partial charge in [-0.15, -0.1) is 0 Å². The number of nitrogens with zero attached hydrogens (tertiary/aromatic N) is 1. The van der Waals surface area contributed by atoms with Gasteiger partial charge in [0.15, 0.2) is 0 Å². The lowest BCUT2D eigenvalue weighted by Crippen LogP contribution is -2.45. The summed E-state index contributed by atoms with van der Waals surface area (Å²) in [6.45, 7) is 1.87. The van der Waals surface area contributed by atoms with Crippen LogP contribution in [0.15, 0.2) is 0 Å². The number of hydrogen-bond donors (Lipinski definition) is 2. The first-order valence-corrected chi connectivity index (χ1v) is 5.47. The summed E-state index contributed by atoms with van der Waals surface area (Å²) in [6.07, 6.45) is 4.04. The minimum Gasteiger partial charge on any atom is -0.396 e. The zero-order chi connectivity index (χ0) is 9.97. The molecule has 4 heteroatoms. The monoisotopic (exact) mass is 198 g/mol. The van der Waals surface area contributed by atoms with E-state index in [1.807, 2.05) is 0 Å². The van der Waals surface area contributed by atoms with E-state index >= 15 is 0 Å². The highest BCUT2D eigenvalue weighted by Crippen LogP contribution is 2.30. The van der Waals surface area contributed by atoms with E-state index < -0.39 is 0 Å². The maximum absolute atomic E-state index is 11.7. The predicted octanol–water partition coefficient (Wildman–Crippen LogP) is -0.278. The molecule has 1 unspecified atom stereocenters. The molecule has 1 amide bonds. The van der Waals surface area contributed by atoms with Crippen molar-refractivity contribution in [2.24, 2.45) is 0 Å². The highest BCUT2D eigenvalue weighted by atomic mass is 16.3. The lowest BCUT2D eigenvalue weighted by Gasteiger charge is -2.27. The van der Waals surface area contributed by atoms with Crippen LogP contribution in [0.2, 0.25) is 0 Å². The highest BCUT2D eigenvalue weighted by Gasteiger charge is 2.37. The Labute approximate surface area is 84.3 Å². The van der Waals surface area contributed by atoms with Crippen molar-refractivity contribution in [2.75, 3.05) is 19.7 Å². The number of hydrogen-bond acceptors (Lipinski definition) is 3. The molecule has 0 aromatic heterocycles. The molecule has 1 saturated heterocycles. The maximum Gasteiger partial charge on any atom is 0.237 e. The van der Waals surface area contributed by atoms with Crippen LogP contribution in [0, 0.1) is 0 Å². The van der Waals surface area contributed by atoms with Gasteiger partial charge in [0.2, 0.25) is 5.91 Å². The van der Waals surface area contributed by atoms with E-state index in [1.165, 1.54) is 12.8 Å². The van der Waals surface area contributed by atoms with E-state index in [2.05, 4.69) is 10.2 Å². The standard InChI is InChI=1S/C10H18N2O2/c13-7-4-9-10(14)11-5-1-6-12(9)8-2-3-8/h8-9,13H,1-7H2,(H,11,14). The van der Waals surface area contributed by atoms with Crippen molar-refractivity contribution in [1.29, 1.82) is 0 Å². The summed E-state index contributed by atoms with van der Waals surface area (Å²) >= 11 is 0. The molecule has 1 atom stereocenters. The molecular weight excluding hydrogens is 180 g/mol. The molecule has 14 heavy (non-hydrogen) atoms. The van der Waals surface area contributed by atoms with Crippen molar-refractivity contribution in [3.05, 3.63) is 0 Å². The summed E-state index contributed by atoms with van der Waals surface area (Å²) in [6, 6.07) is 0.519. The first kappa shape index (κ1) is 9.93. The van der Waals surface area contributed by atoms with Gasteiger partial charge in [-0.05, 0) is 25.7 Å². The quantitative estimate of drug-likeness (QED) is 0.656. The van der Waals surface area contributed by atoms with Crippen LogP contribution >= 0.6 is 0 Å². The molecule has 1 aliphatic carbocycles. The van der Waals surface area contributed by atoms with Crippen LogP contribution in [-0.4, -0.2) is 47.7 Å². The third-order valence-corrected chi connectivity index (χ3v) is 3.01. The number of aliphatic hydroxyl groups is 1. The van der Waals surface area contributed by atoms with Gasteiger partial charge in [-0.2, -0.15) is 0 Å². The summed E-state index contributed by atoms with van der Waals surface area (Å²) in [5, 5.41) is 11.8. The molecule has 0 radical (unpaired) electrons. The molecule has 2 N–H and O–H groups in total. The second-order valence-electron chi connectivity index (χ2n) is 4.14. The average molecular weight is 198 g/mol. The lowest BCUT2D eigenvalue weighted by atomic mass is 10.1. The van der Waals surface area contributed by atoms with E-state index in [-0.39, 0.29) is 18.6 Å². The largest absolute Gasteiger partial charge is 0.396 e. The molecule has 1 saturated carbocycles. The topological polar surface area (TPSA) is 52.6 Å². The van der Waals surface area contributed by atoms with Gasteiger partial charge in [0.1, 0.15) is 0 Å². The molecule has 2 rings (SSSR count). The van der Waals surface area contributed by atoms with Crippen molar-refractivity contribution in [3.8, 4) is 0 Å². The summed E-state index contributed by atoms with van der Waals surface area (Å²) in [4.78, 5) is 14.0. The number of amides is 1. The number of carbonyl (C=O) groups is 1. The Morgan fingerprint density at radius 3 is 2.93 bits per heavy atom. The lowest BCUT2D eigenvalue weighted by molar-refractivity contribution is -0.126. The fraction of sp³-hybridized carbons (Fsp3) is 0.900. The molecule has 1 heterocycles. The minimum atomic E-state index is -0.0880. The second kappa shape index (κ2) is 4.28. The van der Waals surface area contributed by atoms with E-state index in [4.69, 9.17) is 5.11 Å². The predicted molar refractivity (Wildman–Crippen MR) is 52.8 cm³/mol. The number of rotatable bonds is 3. The van der Waals surface area contributed by atoms with Crippen molar-refractivity contribution in [3.63, 3.8) is 0 Å². The fourth-order valence-corrected chi connectivity index (χ4v) is 2.16. The van der Waals surface area contributed by atoms with Gasteiger partial charge >= 0.3 is 0 Å². The number of carbonyl (C=O) groups excluding carboxylic acids is 1. The van der Waals surface area contributed by atoms with Gasteiger partial charge < -0.3 is 10.4 Å². The summed E-state index contributed by atoms with van der Waals surface area (Å²) < 4.78 is 0. The van der Waals surface area contributed by atoms with Crippen molar-refractivity contribution in [1.82, 2.24) is 10.2 Å². The Bertz CT molecular complexity index is 216. The highest BCUT2D eigenvalue weighted by molar-refractivity contribution is 5.82. The molecule has 4 nitrogen and oxygen atoms in total. The normalized spacial score (nSPS) is 29.8. The Morgan fingerprint density at radius 1 is 1.50 bits per heavy atom. The van der Waals surface area contributed by atoms with Crippen LogP contribution in [0.3, 0.4) is 0 Å². The third-order valence-electron chi connectivity index (χ3n) is 3.01. The van der Waals surface area contributed by atoms with Gasteiger partial charge in [-0.3, -0.25) is 9.69 Å². The van der Waals surface area contributed by atoms with Gasteiger partial charge in [-0.1, -0.05) is 0 Å². The second-order valence-corrected chi connectivity index (χ2v) is 4.14. The Hall–Kier alpha value is -0.610. The summed E-state index contributed by atoms with van der Waals surface area (Å²) in [5.41, 5.74) is 0. The van der Waals surface area contributed by atoms with Crippen LogP contribution in [-0.2, 0) is 4.79 Å². The van der Waals surface area contributed by atoms with E-state index in [0.29, 0.717) is 12.5 Å². The Balaban J connectivity index is 2.04. The first-order valence-electron chi connectivity index (χ1n) is 5.47. The van der Waals surface area contributed by atoms with Crippen molar-refractivity contribution < 1.29 is 9.90 Å². The third kappa shape index (κ3) is 2.07. The molecule has 0 aromatic rings. The van der Waals surface area contributed by atoms with Gasteiger partial charge in [0.25, 0.3) is 0 Å². The van der Waals surface area contributed by atoms with E-state index in [0.717, 1.165) is 19.5 Å². The van der Waals surface area contributed by atoms with Crippen molar-refractivity contribution in [2.45, 2.75) is 37.8 Å². The number of nitrogens with one attached hydrogen (secondary N) is 1. The van der Waals surface area contributed by atoms with Crippen LogP contribution in [0.4, 0.5) is 0 Å². The van der Waals surface area contributed by atoms with Crippen LogP contribution in [0.5, 0.6) is 0 Å². The molecule has 2 aliphatic rings. The van der Waals surface area contributed by atoms with Gasteiger partial charge in [0, 0.05) is 25.7 Å². The van der Waals surface area contributed by atoms with E-state index in [1.54, 1.807) is 0 Å². The Kier molecular flexibility index (Phi) is 3.03. The zero-order valence-corrected chi connectivity index (χ0v) is 8.41. The Morgan fingerprint density at radius 2 is 2.29 bits per heavy atom. The molecule has 80 valence electrons. The van der Waals surface area contributed by atoms with Crippen LogP contribution < -0.4 is 5.32 Å². The minimum absolute atomic E-state index is 0.0880. The van der Waals surface area contributed by atoms with E-state index in [9.17, 15) is 4.79 Å². The zero-order valence-electron chi connectivity index (χ0n) is 8.41. The van der Waals surface area contributed by atoms with Crippen LogP contribution in [0.25, 0.3) is 0 Å². The molecule has 0 bridgehead atoms. The molecule has 0 aromatic carbocycles. The molecular formula is C10H18N2O2. The summed E-state index contributed by atoms with van der Waals surface area (Å²) in [7, 11) is 0. The fourth-order valence-electron chi connectivity index (χ4n) is 2.16. The smallest absolute Gasteiger partial charge is 0.237 e. The molecule has 2 fully saturated rings. The van der Waals surface area contributed by atoms with Gasteiger partial charge in [0.05, 0.1) is 6.04 Å². The van der Waals surface area contributed by atoms with Crippen molar-refractivity contribution >= 4 is 5.91 Å².